The van der Waals surface area contributed by atoms with Crippen LogP contribution in [-0.4, -0.2) is 95.4 Å². The van der Waals surface area contributed by atoms with Crippen LogP contribution in [0.25, 0.3) is 22.3 Å². The van der Waals surface area contributed by atoms with E-state index >= 15 is 0 Å². The first-order valence-electron chi connectivity index (χ1n) is 28.0. The average Bonchev–Trinajstić information content (AvgIpc) is 3.97. The minimum atomic E-state index is -1.86. The fraction of sp³-hybridized carbons (Fsp3) is 0.565. The van der Waals surface area contributed by atoms with Gasteiger partial charge in [0, 0.05) is 78.7 Å². The van der Waals surface area contributed by atoms with Gasteiger partial charge in [-0.15, -0.1) is 0 Å². The molecule has 0 spiro atoms. The molecule has 7 aliphatic rings. The van der Waals surface area contributed by atoms with E-state index < -0.39 is 11.6 Å². The highest BCUT2D eigenvalue weighted by Gasteiger charge is 2.63. The molecule has 2 aromatic carbocycles. The first-order chi connectivity index (χ1) is 35.5. The number of ether oxygens (including phenoxy) is 2. The van der Waals surface area contributed by atoms with Crippen molar-refractivity contribution >= 4 is 34.1 Å². The number of unbranched alkanes of at least 4 members (excludes halogenated alkanes) is 3. The summed E-state index contributed by atoms with van der Waals surface area (Å²) >= 11 is 0. The van der Waals surface area contributed by atoms with Crippen molar-refractivity contribution in [3.8, 4) is 17.1 Å². The van der Waals surface area contributed by atoms with E-state index in [1.807, 2.05) is 25.1 Å². The van der Waals surface area contributed by atoms with Gasteiger partial charge in [0.2, 0.25) is 0 Å². The second-order valence-corrected chi connectivity index (χ2v) is 24.0. The molecule has 11 rings (SSSR count). The highest BCUT2D eigenvalue weighted by Crippen LogP contribution is 2.69. The largest absolute Gasteiger partial charge is 0.490 e. The molecule has 12 nitrogen and oxygen atoms in total. The second-order valence-electron chi connectivity index (χ2n) is 24.0. The van der Waals surface area contributed by atoms with Crippen LogP contribution in [-0.2, 0) is 44.4 Å². The topological polar surface area (TPSA) is 135 Å². The predicted octanol–water partition coefficient (Wildman–Crippen LogP) is 10.2. The normalized spacial score (nSPS) is 27.5. The van der Waals surface area contributed by atoms with Crippen LogP contribution >= 0.6 is 0 Å². The van der Waals surface area contributed by atoms with Gasteiger partial charge in [0.25, 0.3) is 5.56 Å². The Hall–Kier alpha value is -5.43. The lowest BCUT2D eigenvalue weighted by molar-refractivity contribution is -0.172. The summed E-state index contributed by atoms with van der Waals surface area (Å²) in [6.45, 7) is 13.3. The zero-order chi connectivity index (χ0) is 51.8. The lowest BCUT2D eigenvalue weighted by Crippen LogP contribution is -2.49. The summed E-state index contributed by atoms with van der Waals surface area (Å²) in [7, 11) is 6.34. The molecule has 4 aromatic rings. The number of likely N-dealkylation sites (tertiary alicyclic amines) is 1. The van der Waals surface area contributed by atoms with E-state index in [0.717, 1.165) is 112 Å². The van der Waals surface area contributed by atoms with E-state index in [1.165, 1.54) is 41.7 Å². The van der Waals surface area contributed by atoms with Crippen LogP contribution < -0.4 is 15.2 Å². The van der Waals surface area contributed by atoms with Crippen LogP contribution in [0.3, 0.4) is 0 Å². The molecule has 0 bridgehead atoms. The molecule has 2 unspecified atom stereocenters. The molecule has 3 aliphatic heterocycles. The number of piperidine rings is 1. The number of ketones is 2. The Labute approximate surface area is 437 Å². The zero-order valence-corrected chi connectivity index (χ0v) is 45.0. The number of fused-ring (bicyclic) bond motifs is 9. The van der Waals surface area contributed by atoms with Gasteiger partial charge in [0.05, 0.1) is 29.0 Å². The number of cyclic esters (lactones) is 1. The Morgan fingerprint density at radius 1 is 0.932 bits per heavy atom. The Morgan fingerprint density at radius 3 is 2.45 bits per heavy atom. The third-order valence-electron chi connectivity index (χ3n) is 19.6. The van der Waals surface area contributed by atoms with Gasteiger partial charge in [-0.3, -0.25) is 14.4 Å². The molecule has 5 heterocycles. The van der Waals surface area contributed by atoms with E-state index in [9.17, 15) is 24.3 Å². The van der Waals surface area contributed by atoms with Gasteiger partial charge in [0.1, 0.15) is 24.2 Å². The fourth-order valence-corrected chi connectivity index (χ4v) is 15.0. The summed E-state index contributed by atoms with van der Waals surface area (Å²) in [5, 5.41) is 12.3. The van der Waals surface area contributed by atoms with Crippen LogP contribution in [0.15, 0.2) is 76.1 Å². The minimum absolute atomic E-state index is 0.0434. The first kappa shape index (κ1) is 50.7. The van der Waals surface area contributed by atoms with Gasteiger partial charge in [0.15, 0.2) is 11.4 Å². The SMILES string of the molecule is CC[C@@]1(O)C(=O)OCc2c1cc1n(c2=O)Cc2cc3c(CN(C)C)c(OC4CCN(CCCCCCN(C)c5ccc([C@H]6C[C@@]7(C)C(CC[C@]7(C)C(C)=O)C7CCC8=CC(=O)CCC8=C76)cc5)CC4)ccc3nc2-1. The molecule has 2 saturated carbocycles. The molecule has 0 radical (unpaired) electrons. The highest BCUT2D eigenvalue weighted by atomic mass is 16.6. The summed E-state index contributed by atoms with van der Waals surface area (Å²) in [6, 6.07) is 17.3. The number of Topliss-reactive ketones (excluding diaryl/α,β-unsaturated/α-hetero) is 1. The average molecular weight is 1000 g/mol. The summed E-state index contributed by atoms with van der Waals surface area (Å²) in [6.07, 6.45) is 15.5. The number of nitrogens with zero attached hydrogens (tertiary/aromatic N) is 5. The molecular formula is C62H77N5O7. The number of aromatic nitrogens is 2. The number of carbonyl (C=O) groups excluding carboxylic acids is 3. The van der Waals surface area contributed by atoms with Crippen molar-refractivity contribution in [1.82, 2.24) is 19.4 Å². The smallest absolute Gasteiger partial charge is 0.343 e. The molecule has 4 aliphatic carbocycles. The summed E-state index contributed by atoms with van der Waals surface area (Å²) < 4.78 is 13.8. The predicted molar refractivity (Wildman–Crippen MR) is 289 cm³/mol. The number of aliphatic hydroxyl groups is 1. The number of hydrogen-bond acceptors (Lipinski definition) is 11. The van der Waals surface area contributed by atoms with E-state index in [1.54, 1.807) is 23.1 Å². The van der Waals surface area contributed by atoms with Gasteiger partial charge in [-0.05, 0) is 175 Å². The lowest BCUT2D eigenvalue weighted by atomic mass is 9.48. The van der Waals surface area contributed by atoms with Gasteiger partial charge in [-0.25, -0.2) is 9.78 Å². The first-order valence-corrected chi connectivity index (χ1v) is 28.0. The molecule has 6 atom stereocenters. The number of esters is 1. The molecule has 74 heavy (non-hydrogen) atoms. The molecule has 392 valence electrons. The van der Waals surface area contributed by atoms with Crippen LogP contribution in [0.4, 0.5) is 5.69 Å². The Balaban J connectivity index is 0.675. The minimum Gasteiger partial charge on any atom is -0.490 e. The monoisotopic (exact) mass is 1000 g/mol. The van der Waals surface area contributed by atoms with Crippen molar-refractivity contribution in [1.29, 1.82) is 0 Å². The number of benzene rings is 2. The van der Waals surface area contributed by atoms with Gasteiger partial charge in [-0.1, -0.05) is 51.3 Å². The van der Waals surface area contributed by atoms with Crippen LogP contribution in [0, 0.1) is 22.7 Å². The Morgan fingerprint density at radius 2 is 1.70 bits per heavy atom. The Kier molecular flexibility index (Phi) is 13.4. The van der Waals surface area contributed by atoms with E-state index in [2.05, 4.69) is 80.0 Å². The van der Waals surface area contributed by atoms with E-state index in [4.69, 9.17) is 14.5 Å². The number of anilines is 1. The van der Waals surface area contributed by atoms with Crippen LogP contribution in [0.1, 0.15) is 151 Å². The molecular weight excluding hydrogens is 927 g/mol. The van der Waals surface area contributed by atoms with Gasteiger partial charge >= 0.3 is 5.97 Å². The molecule has 1 N–H and O–H groups in total. The van der Waals surface area contributed by atoms with Crippen molar-refractivity contribution in [3.05, 3.63) is 109 Å². The quantitative estimate of drug-likeness (QED) is 0.0794. The summed E-state index contributed by atoms with van der Waals surface area (Å²) in [5.41, 5.74) is 9.27. The number of hydrogen-bond donors (Lipinski definition) is 1. The summed E-state index contributed by atoms with van der Waals surface area (Å²) in [4.78, 5) is 64.6. The third-order valence-corrected chi connectivity index (χ3v) is 19.6. The number of carbonyl (C=O) groups is 3. The molecule has 2 aromatic heterocycles. The standard InChI is InChI=1S/C62H77N5O7/c1-8-62(72)52-33-54-57-41(35-67(54)58(70)50(52)37-73-59(62)71)32-47-49(36-64(5)6)55(22-21-53(47)63-57)74-44-24-29-66(30-25-44)28-12-10-9-11-27-65(7)42-16-13-39(14-17-42)48-34-61(4)51(23-26-60(61,3)38(2)68)46-19-15-40-31-43(69)18-20-45(40)56(46)48/h13-14,16-17,21-22,31-33,44,46,48,51,72H,8-12,15,18-20,23-30,34-37H2,1-7H3/t46?,48-,51?,60-,61+,62+/m1/s1. The highest BCUT2D eigenvalue weighted by molar-refractivity contribution is 5.93. The van der Waals surface area contributed by atoms with Crippen molar-refractivity contribution < 1.29 is 29.0 Å². The molecule has 1 saturated heterocycles. The lowest BCUT2D eigenvalue weighted by Gasteiger charge is -2.55. The van der Waals surface area contributed by atoms with E-state index in [-0.39, 0.29) is 47.2 Å². The second kappa shape index (κ2) is 19.6. The van der Waals surface area contributed by atoms with Crippen LogP contribution in [0.5, 0.6) is 5.75 Å². The van der Waals surface area contributed by atoms with Crippen LogP contribution in [0.2, 0.25) is 0 Å². The van der Waals surface area contributed by atoms with E-state index in [0.29, 0.717) is 59.6 Å². The van der Waals surface area contributed by atoms with Crippen molar-refractivity contribution in [2.45, 2.75) is 155 Å². The van der Waals surface area contributed by atoms with Gasteiger partial charge < -0.3 is 33.8 Å². The van der Waals surface area contributed by atoms with Crippen molar-refractivity contribution in [2.24, 2.45) is 22.7 Å². The zero-order valence-electron chi connectivity index (χ0n) is 45.0. The Bertz CT molecular complexity index is 3040. The maximum atomic E-state index is 13.8. The number of rotatable bonds is 15. The van der Waals surface area contributed by atoms with Crippen molar-refractivity contribution in [2.75, 3.05) is 52.2 Å². The maximum absolute atomic E-state index is 13.8. The molecule has 0 amide bonds. The molecule has 12 heteroatoms. The maximum Gasteiger partial charge on any atom is 0.343 e. The van der Waals surface area contributed by atoms with Gasteiger partial charge in [-0.2, -0.15) is 0 Å². The van der Waals surface area contributed by atoms with Crippen molar-refractivity contribution in [3.63, 3.8) is 0 Å². The third kappa shape index (κ3) is 8.59. The number of pyridine rings is 2. The summed E-state index contributed by atoms with van der Waals surface area (Å²) in [5.74, 6) is 2.05. The molecule has 3 fully saturated rings. The fourth-order valence-electron chi connectivity index (χ4n) is 15.0. The number of allylic oxidation sites excluding steroid dienone is 4.